The summed E-state index contributed by atoms with van der Waals surface area (Å²) in [5.41, 5.74) is 9.40. The Morgan fingerprint density at radius 1 is 0.538 bits per heavy atom. The predicted octanol–water partition coefficient (Wildman–Crippen LogP) is 6.35. The van der Waals surface area contributed by atoms with Crippen LogP contribution in [0.25, 0.3) is 38.6 Å². The average molecular weight is 331 g/mol. The van der Waals surface area contributed by atoms with E-state index in [1.54, 1.807) is 0 Å². The van der Waals surface area contributed by atoms with Crippen LogP contribution in [-0.2, 0) is 6.42 Å². The molecule has 0 atom stereocenters. The van der Waals surface area contributed by atoms with Gasteiger partial charge in [-0.1, -0.05) is 66.7 Å². The Kier molecular flexibility index (Phi) is 2.72. The summed E-state index contributed by atoms with van der Waals surface area (Å²) in [5, 5.41) is 2.62. The van der Waals surface area contributed by atoms with Crippen LogP contribution < -0.4 is 0 Å². The molecule has 0 unspecified atom stereocenters. The zero-order valence-electron chi connectivity index (χ0n) is 14.3. The molecular formula is C25H17N. The topological polar surface area (TPSA) is 4.93 Å². The summed E-state index contributed by atoms with van der Waals surface area (Å²) in [7, 11) is 0. The molecule has 0 saturated carbocycles. The van der Waals surface area contributed by atoms with Crippen molar-refractivity contribution in [2.45, 2.75) is 6.42 Å². The monoisotopic (exact) mass is 331 g/mol. The van der Waals surface area contributed by atoms with Gasteiger partial charge < -0.3 is 4.57 Å². The van der Waals surface area contributed by atoms with E-state index in [1.165, 1.54) is 49.7 Å². The van der Waals surface area contributed by atoms with Crippen molar-refractivity contribution in [3.8, 4) is 16.8 Å². The number of benzene rings is 4. The third kappa shape index (κ3) is 1.80. The van der Waals surface area contributed by atoms with Gasteiger partial charge in [0.05, 0.1) is 11.0 Å². The number of rotatable bonds is 1. The van der Waals surface area contributed by atoms with Crippen LogP contribution in [0.2, 0.25) is 0 Å². The van der Waals surface area contributed by atoms with Crippen molar-refractivity contribution in [2.75, 3.05) is 0 Å². The molecule has 1 heterocycles. The number of hydrogen-bond acceptors (Lipinski definition) is 0. The molecule has 0 N–H and O–H groups in total. The summed E-state index contributed by atoms with van der Waals surface area (Å²) in [5.74, 6) is 0. The summed E-state index contributed by atoms with van der Waals surface area (Å²) in [6, 6.07) is 33.1. The Balaban J connectivity index is 1.64. The van der Waals surface area contributed by atoms with Crippen LogP contribution in [-0.4, -0.2) is 4.57 Å². The van der Waals surface area contributed by atoms with Crippen molar-refractivity contribution >= 4 is 21.8 Å². The van der Waals surface area contributed by atoms with E-state index in [0.29, 0.717) is 0 Å². The molecule has 1 aliphatic rings. The van der Waals surface area contributed by atoms with Crippen molar-refractivity contribution < 1.29 is 0 Å². The van der Waals surface area contributed by atoms with Crippen molar-refractivity contribution in [1.82, 2.24) is 4.57 Å². The van der Waals surface area contributed by atoms with Gasteiger partial charge in [-0.15, -0.1) is 0 Å². The maximum absolute atomic E-state index is 2.40. The van der Waals surface area contributed by atoms with Crippen molar-refractivity contribution in [3.05, 3.63) is 102 Å². The second kappa shape index (κ2) is 5.09. The molecule has 26 heavy (non-hydrogen) atoms. The first kappa shape index (κ1) is 13.9. The van der Waals surface area contributed by atoms with Gasteiger partial charge in [-0.25, -0.2) is 0 Å². The lowest BCUT2D eigenvalue weighted by Gasteiger charge is -2.10. The Bertz CT molecular complexity index is 1250. The quantitative estimate of drug-likeness (QED) is 0.330. The van der Waals surface area contributed by atoms with Crippen molar-refractivity contribution in [1.29, 1.82) is 0 Å². The summed E-state index contributed by atoms with van der Waals surface area (Å²) < 4.78 is 2.40. The Morgan fingerprint density at radius 3 is 1.92 bits per heavy atom. The standard InChI is InChI=1S/C25H17N/c1-2-8-20-17(7-1)15-18-16-19(13-14-21(18)20)26-24-11-5-3-9-22(24)23-10-4-6-12-25(23)26/h1-14,16H,15H2. The SMILES string of the molecule is c1ccc2c(c1)Cc1cc(-n3c4ccccc4c4ccccc43)ccc1-2. The summed E-state index contributed by atoms with van der Waals surface area (Å²) in [6.07, 6.45) is 1.02. The Labute approximate surface area is 152 Å². The molecule has 1 aliphatic carbocycles. The maximum Gasteiger partial charge on any atom is 0.0541 e. The first-order valence-corrected chi connectivity index (χ1v) is 9.10. The average Bonchev–Trinajstić information content (AvgIpc) is 3.23. The van der Waals surface area contributed by atoms with Crippen LogP contribution >= 0.6 is 0 Å². The number of fused-ring (bicyclic) bond motifs is 6. The lowest BCUT2D eigenvalue weighted by atomic mass is 10.1. The highest BCUT2D eigenvalue weighted by molar-refractivity contribution is 6.09. The Morgan fingerprint density at radius 2 is 1.15 bits per heavy atom. The van der Waals surface area contributed by atoms with E-state index in [1.807, 2.05) is 0 Å². The van der Waals surface area contributed by atoms with Crippen LogP contribution in [0.4, 0.5) is 0 Å². The maximum atomic E-state index is 2.40. The highest BCUT2D eigenvalue weighted by Gasteiger charge is 2.19. The summed E-state index contributed by atoms with van der Waals surface area (Å²) >= 11 is 0. The zero-order valence-corrected chi connectivity index (χ0v) is 14.3. The molecule has 0 saturated heterocycles. The number of aromatic nitrogens is 1. The van der Waals surface area contributed by atoms with Gasteiger partial charge in [0, 0.05) is 16.5 Å². The van der Waals surface area contributed by atoms with Gasteiger partial charge >= 0.3 is 0 Å². The zero-order chi connectivity index (χ0) is 17.1. The number of nitrogens with zero attached hydrogens (tertiary/aromatic N) is 1. The minimum atomic E-state index is 1.02. The first-order valence-electron chi connectivity index (χ1n) is 9.10. The molecule has 0 amide bonds. The third-order valence-corrected chi connectivity index (χ3v) is 5.62. The molecule has 0 spiro atoms. The molecule has 4 aromatic carbocycles. The molecule has 0 fully saturated rings. The van der Waals surface area contributed by atoms with Gasteiger partial charge in [0.1, 0.15) is 0 Å². The molecule has 1 nitrogen and oxygen atoms in total. The van der Waals surface area contributed by atoms with Crippen LogP contribution in [0.5, 0.6) is 0 Å². The van der Waals surface area contributed by atoms with Gasteiger partial charge in [-0.05, 0) is 52.9 Å². The van der Waals surface area contributed by atoms with E-state index in [0.717, 1.165) is 6.42 Å². The second-order valence-corrected chi connectivity index (χ2v) is 7.05. The third-order valence-electron chi connectivity index (χ3n) is 5.62. The molecule has 0 aliphatic heterocycles. The normalized spacial score (nSPS) is 12.5. The van der Waals surface area contributed by atoms with E-state index in [4.69, 9.17) is 0 Å². The minimum Gasteiger partial charge on any atom is -0.309 e. The largest absolute Gasteiger partial charge is 0.309 e. The van der Waals surface area contributed by atoms with Crippen molar-refractivity contribution in [2.24, 2.45) is 0 Å². The smallest absolute Gasteiger partial charge is 0.0541 e. The molecule has 122 valence electrons. The molecule has 5 aromatic rings. The summed E-state index contributed by atoms with van der Waals surface area (Å²) in [4.78, 5) is 0. The fourth-order valence-corrected chi connectivity index (χ4v) is 4.47. The number of para-hydroxylation sites is 2. The summed E-state index contributed by atoms with van der Waals surface area (Å²) in [6.45, 7) is 0. The van der Waals surface area contributed by atoms with Gasteiger partial charge in [0.15, 0.2) is 0 Å². The fraction of sp³-hybridized carbons (Fsp3) is 0.0400. The van der Waals surface area contributed by atoms with Crippen LogP contribution in [0, 0.1) is 0 Å². The molecule has 0 radical (unpaired) electrons. The highest BCUT2D eigenvalue weighted by atomic mass is 15.0. The molecule has 0 bridgehead atoms. The lowest BCUT2D eigenvalue weighted by molar-refractivity contribution is 1.16. The van der Waals surface area contributed by atoms with Gasteiger partial charge in [-0.2, -0.15) is 0 Å². The fourth-order valence-electron chi connectivity index (χ4n) is 4.47. The Hall–Kier alpha value is -3.32. The van der Waals surface area contributed by atoms with Crippen LogP contribution in [0.1, 0.15) is 11.1 Å². The van der Waals surface area contributed by atoms with Gasteiger partial charge in [-0.3, -0.25) is 0 Å². The molecule has 1 aromatic heterocycles. The van der Waals surface area contributed by atoms with Gasteiger partial charge in [0.2, 0.25) is 0 Å². The first-order chi connectivity index (χ1) is 12.9. The lowest BCUT2D eigenvalue weighted by Crippen LogP contribution is -1.95. The minimum absolute atomic E-state index is 1.02. The van der Waals surface area contributed by atoms with E-state index in [9.17, 15) is 0 Å². The van der Waals surface area contributed by atoms with E-state index in [-0.39, 0.29) is 0 Å². The molecule has 1 heteroatoms. The molecule has 6 rings (SSSR count). The number of hydrogen-bond donors (Lipinski definition) is 0. The predicted molar refractivity (Wildman–Crippen MR) is 109 cm³/mol. The van der Waals surface area contributed by atoms with E-state index < -0.39 is 0 Å². The second-order valence-electron chi connectivity index (χ2n) is 7.05. The van der Waals surface area contributed by atoms with Gasteiger partial charge in [0.25, 0.3) is 0 Å². The van der Waals surface area contributed by atoms with Crippen molar-refractivity contribution in [3.63, 3.8) is 0 Å². The van der Waals surface area contributed by atoms with E-state index >= 15 is 0 Å². The van der Waals surface area contributed by atoms with E-state index in [2.05, 4.69) is 95.6 Å². The van der Waals surface area contributed by atoms with Crippen LogP contribution in [0.15, 0.2) is 91.0 Å². The highest BCUT2D eigenvalue weighted by Crippen LogP contribution is 2.39. The molecular weight excluding hydrogens is 314 g/mol. The van der Waals surface area contributed by atoms with Crippen LogP contribution in [0.3, 0.4) is 0 Å².